The minimum Gasteiger partial charge on any atom is -0.460 e. The highest BCUT2D eigenvalue weighted by Crippen LogP contribution is 2.24. The molecule has 0 aromatic heterocycles. The lowest BCUT2D eigenvalue weighted by atomic mass is 9.90. The number of amides is 2. The molecule has 2 aliphatic carbocycles. The van der Waals surface area contributed by atoms with E-state index in [-0.39, 0.29) is 13.2 Å². The number of alkyl carbamates (subject to hydrolysis) is 2. The molecule has 2 aliphatic rings. The second-order valence-electron chi connectivity index (χ2n) is 9.89. The van der Waals surface area contributed by atoms with Crippen LogP contribution in [0.25, 0.3) is 0 Å². The number of nitrogens with one attached hydrogen (secondary N) is 2. The maximum absolute atomic E-state index is 11.9. The van der Waals surface area contributed by atoms with Crippen molar-refractivity contribution in [1.29, 1.82) is 0 Å². The number of ether oxygens (including phenoxy) is 4. The van der Waals surface area contributed by atoms with Crippen molar-refractivity contribution in [3.05, 3.63) is 12.2 Å². The zero-order valence-corrected chi connectivity index (χ0v) is 21.6. The van der Waals surface area contributed by atoms with Crippen molar-refractivity contribution in [1.82, 2.24) is 10.6 Å². The van der Waals surface area contributed by atoms with Crippen LogP contribution in [0.5, 0.6) is 0 Å². The molecular formula is C26H42N2O8. The standard InChI is InChI=1S/C26H42N2O8/c1-19(27-25(31)35-17-21-9-5-3-6-10-21)15-33-23(29)13-14-24(30)34-16-20(2)28-26(32)36-18-22-11-7-4-8-12-22/h13-14,19-22H,3-12,15-18H2,1-2H3,(H,27,31)(H,28,32)/b14-13+/t19-,20-/m0/s1. The number of carbonyl (C=O) groups excluding carboxylic acids is 4. The monoisotopic (exact) mass is 510 g/mol. The topological polar surface area (TPSA) is 129 Å². The smallest absolute Gasteiger partial charge is 0.407 e. The van der Waals surface area contributed by atoms with E-state index in [0.29, 0.717) is 25.0 Å². The minimum absolute atomic E-state index is 0.0688. The fourth-order valence-electron chi connectivity index (χ4n) is 4.31. The van der Waals surface area contributed by atoms with E-state index in [9.17, 15) is 19.2 Å². The summed E-state index contributed by atoms with van der Waals surface area (Å²) in [5.41, 5.74) is 0. The lowest BCUT2D eigenvalue weighted by molar-refractivity contribution is -0.141. The number of rotatable bonds is 12. The van der Waals surface area contributed by atoms with Gasteiger partial charge in [-0.15, -0.1) is 0 Å². The Morgan fingerprint density at radius 3 is 1.36 bits per heavy atom. The molecule has 0 spiro atoms. The summed E-state index contributed by atoms with van der Waals surface area (Å²) in [6, 6.07) is -0.893. The van der Waals surface area contributed by atoms with Gasteiger partial charge in [-0.25, -0.2) is 19.2 Å². The molecule has 0 unspecified atom stereocenters. The van der Waals surface area contributed by atoms with Gasteiger partial charge in [-0.1, -0.05) is 38.5 Å². The molecule has 10 nitrogen and oxygen atoms in total. The number of carbonyl (C=O) groups is 4. The van der Waals surface area contributed by atoms with E-state index in [4.69, 9.17) is 18.9 Å². The van der Waals surface area contributed by atoms with Crippen LogP contribution in [-0.2, 0) is 28.5 Å². The van der Waals surface area contributed by atoms with Crippen molar-refractivity contribution in [3.8, 4) is 0 Å². The van der Waals surface area contributed by atoms with Crippen molar-refractivity contribution < 1.29 is 38.1 Å². The molecule has 0 bridgehead atoms. The van der Waals surface area contributed by atoms with Crippen LogP contribution in [0.1, 0.15) is 78.1 Å². The van der Waals surface area contributed by atoms with Crippen LogP contribution in [0.2, 0.25) is 0 Å². The first-order valence-corrected chi connectivity index (χ1v) is 13.2. The molecule has 36 heavy (non-hydrogen) atoms. The summed E-state index contributed by atoms with van der Waals surface area (Å²) in [5, 5.41) is 5.23. The average Bonchev–Trinajstić information content (AvgIpc) is 2.88. The van der Waals surface area contributed by atoms with E-state index in [1.807, 2.05) is 0 Å². The summed E-state index contributed by atoms with van der Waals surface area (Å²) in [5.74, 6) is -0.648. The SMILES string of the molecule is C[C@@H](COC(=O)/C=C/C(=O)OC[C@H](C)NC(=O)OCC1CCCCC1)NC(=O)OCC1CCCCC1. The third-order valence-electron chi connectivity index (χ3n) is 6.38. The van der Waals surface area contributed by atoms with Crippen LogP contribution in [0.4, 0.5) is 9.59 Å². The van der Waals surface area contributed by atoms with E-state index in [0.717, 1.165) is 37.8 Å². The summed E-state index contributed by atoms with van der Waals surface area (Å²) in [6.45, 7) is 4.03. The molecule has 2 saturated carbocycles. The van der Waals surface area contributed by atoms with Gasteiger partial charge in [-0.2, -0.15) is 0 Å². The van der Waals surface area contributed by atoms with Crippen molar-refractivity contribution in [2.45, 2.75) is 90.1 Å². The van der Waals surface area contributed by atoms with Gasteiger partial charge < -0.3 is 29.6 Å². The van der Waals surface area contributed by atoms with E-state index in [2.05, 4.69) is 10.6 Å². The molecule has 2 amide bonds. The molecule has 0 radical (unpaired) electrons. The van der Waals surface area contributed by atoms with E-state index in [1.54, 1.807) is 13.8 Å². The molecule has 0 aromatic rings. The molecule has 10 heteroatoms. The van der Waals surface area contributed by atoms with E-state index < -0.39 is 36.2 Å². The largest absolute Gasteiger partial charge is 0.460 e. The number of hydrogen-bond acceptors (Lipinski definition) is 8. The molecule has 2 rings (SSSR count). The van der Waals surface area contributed by atoms with E-state index >= 15 is 0 Å². The first kappa shape index (κ1) is 29.5. The second-order valence-corrected chi connectivity index (χ2v) is 9.89. The molecule has 204 valence electrons. The quantitative estimate of drug-likeness (QED) is 0.229. The van der Waals surface area contributed by atoms with Gasteiger partial charge in [0.2, 0.25) is 0 Å². The Morgan fingerprint density at radius 1 is 0.639 bits per heavy atom. The predicted octanol–water partition coefficient (Wildman–Crippen LogP) is 4.02. The summed E-state index contributed by atoms with van der Waals surface area (Å²) in [7, 11) is 0. The van der Waals surface area contributed by atoms with Crippen LogP contribution in [0, 0.1) is 11.8 Å². The summed E-state index contributed by atoms with van der Waals surface area (Å²) >= 11 is 0. The minimum atomic E-state index is -0.742. The van der Waals surface area contributed by atoms with Gasteiger partial charge in [0.05, 0.1) is 25.3 Å². The Bertz CT molecular complexity index is 669. The highest BCUT2D eigenvalue weighted by Gasteiger charge is 2.18. The van der Waals surface area contributed by atoms with Crippen LogP contribution < -0.4 is 10.6 Å². The van der Waals surface area contributed by atoms with Gasteiger partial charge in [-0.3, -0.25) is 0 Å². The van der Waals surface area contributed by atoms with Gasteiger partial charge in [-0.05, 0) is 51.4 Å². The van der Waals surface area contributed by atoms with E-state index in [1.165, 1.54) is 38.5 Å². The lowest BCUT2D eigenvalue weighted by Gasteiger charge is -2.21. The lowest BCUT2D eigenvalue weighted by Crippen LogP contribution is -2.37. The maximum atomic E-state index is 11.9. The molecule has 0 heterocycles. The van der Waals surface area contributed by atoms with Crippen LogP contribution in [-0.4, -0.2) is 62.6 Å². The Balaban J connectivity index is 1.52. The fraction of sp³-hybridized carbons (Fsp3) is 0.769. The molecule has 2 atom stereocenters. The highest BCUT2D eigenvalue weighted by molar-refractivity contribution is 5.91. The van der Waals surface area contributed by atoms with Crippen LogP contribution in [0.3, 0.4) is 0 Å². The molecular weight excluding hydrogens is 468 g/mol. The number of esters is 2. The zero-order chi connectivity index (χ0) is 26.2. The van der Waals surface area contributed by atoms with Crippen LogP contribution in [0.15, 0.2) is 12.2 Å². The predicted molar refractivity (Wildman–Crippen MR) is 132 cm³/mol. The fourth-order valence-corrected chi connectivity index (χ4v) is 4.31. The zero-order valence-electron chi connectivity index (χ0n) is 21.6. The third kappa shape index (κ3) is 13.3. The van der Waals surface area contributed by atoms with Crippen molar-refractivity contribution in [2.75, 3.05) is 26.4 Å². The third-order valence-corrected chi connectivity index (χ3v) is 6.38. The van der Waals surface area contributed by atoms with Crippen molar-refractivity contribution >= 4 is 24.1 Å². The van der Waals surface area contributed by atoms with Gasteiger partial charge >= 0.3 is 24.1 Å². The summed E-state index contributed by atoms with van der Waals surface area (Å²) < 4.78 is 20.6. The molecule has 0 aromatic carbocycles. The van der Waals surface area contributed by atoms with Crippen molar-refractivity contribution in [2.24, 2.45) is 11.8 Å². The van der Waals surface area contributed by atoms with Gasteiger partial charge in [0.15, 0.2) is 0 Å². The van der Waals surface area contributed by atoms with Gasteiger partial charge in [0.1, 0.15) is 13.2 Å². The van der Waals surface area contributed by atoms with Gasteiger partial charge in [0.25, 0.3) is 0 Å². The number of hydrogen-bond donors (Lipinski definition) is 2. The Morgan fingerprint density at radius 2 is 1.00 bits per heavy atom. The molecule has 2 fully saturated rings. The van der Waals surface area contributed by atoms with Gasteiger partial charge in [0, 0.05) is 12.2 Å². The van der Waals surface area contributed by atoms with Crippen molar-refractivity contribution in [3.63, 3.8) is 0 Å². The Hall–Kier alpha value is -2.78. The summed E-state index contributed by atoms with van der Waals surface area (Å²) in [4.78, 5) is 47.4. The Kier molecular flexibility index (Phi) is 13.8. The molecule has 0 aliphatic heterocycles. The molecule has 0 saturated heterocycles. The Labute approximate surface area is 213 Å². The maximum Gasteiger partial charge on any atom is 0.407 e. The average molecular weight is 511 g/mol. The second kappa shape index (κ2) is 16.8. The summed E-state index contributed by atoms with van der Waals surface area (Å²) in [6.07, 6.45) is 12.3. The first-order chi connectivity index (χ1) is 17.3. The molecule has 2 N–H and O–H groups in total. The normalized spacial score (nSPS) is 18.6. The highest BCUT2D eigenvalue weighted by atomic mass is 16.6. The van der Waals surface area contributed by atoms with Crippen LogP contribution >= 0.6 is 0 Å². The first-order valence-electron chi connectivity index (χ1n) is 13.2.